The number of nitrogens with two attached hydrogens (primary N) is 1. The summed E-state index contributed by atoms with van der Waals surface area (Å²) in [5.41, 5.74) is 6.32. The van der Waals surface area contributed by atoms with Crippen molar-refractivity contribution < 1.29 is 13.2 Å². The van der Waals surface area contributed by atoms with E-state index in [9.17, 15) is 8.42 Å². The Bertz CT molecular complexity index is 708. The van der Waals surface area contributed by atoms with E-state index in [0.717, 1.165) is 17.6 Å². The minimum absolute atomic E-state index is 0.105. The number of ether oxygens (including phenoxy) is 1. The van der Waals surface area contributed by atoms with Crippen molar-refractivity contribution in [3.8, 4) is 5.75 Å². The Kier molecular flexibility index (Phi) is 4.48. The molecule has 0 bridgehead atoms. The lowest BCUT2D eigenvalue weighted by molar-refractivity contribution is 0.369. The molecule has 22 heavy (non-hydrogen) atoms. The van der Waals surface area contributed by atoms with Crippen LogP contribution in [0.25, 0.3) is 0 Å². The van der Waals surface area contributed by atoms with Crippen molar-refractivity contribution in [3.63, 3.8) is 0 Å². The molecular weight excluding hydrogens is 302 g/mol. The minimum atomic E-state index is -3.35. The standard InChI is InChI=1S/C15H21N3O3S/c1-17-15(10-11-4-6-12(21-2)7-5-11)9-8-13(14(16)18-15)22(3,19)20/h4-9,17-18H,10,16H2,1-3H3. The summed E-state index contributed by atoms with van der Waals surface area (Å²) >= 11 is 0. The second kappa shape index (κ2) is 6.02. The summed E-state index contributed by atoms with van der Waals surface area (Å²) in [5.74, 6) is 0.932. The second-order valence-electron chi connectivity index (χ2n) is 5.25. The lowest BCUT2D eigenvalue weighted by Crippen LogP contribution is -2.58. The first-order valence-electron chi connectivity index (χ1n) is 6.79. The molecule has 2 rings (SSSR count). The topological polar surface area (TPSA) is 93.5 Å². The molecule has 0 amide bonds. The molecule has 0 aromatic heterocycles. The Morgan fingerprint density at radius 1 is 1.32 bits per heavy atom. The molecule has 6 nitrogen and oxygen atoms in total. The molecule has 4 N–H and O–H groups in total. The van der Waals surface area contributed by atoms with Crippen molar-refractivity contribution in [1.29, 1.82) is 0 Å². The van der Waals surface area contributed by atoms with Crippen molar-refractivity contribution >= 4 is 9.84 Å². The quantitative estimate of drug-likeness (QED) is 0.730. The highest BCUT2D eigenvalue weighted by Gasteiger charge is 2.31. The normalized spacial score (nSPS) is 21.6. The third-order valence-electron chi connectivity index (χ3n) is 3.63. The van der Waals surface area contributed by atoms with E-state index >= 15 is 0 Å². The minimum Gasteiger partial charge on any atom is -0.497 e. The van der Waals surface area contributed by atoms with Crippen LogP contribution in [0.2, 0.25) is 0 Å². The second-order valence-corrected chi connectivity index (χ2v) is 7.24. The summed E-state index contributed by atoms with van der Waals surface area (Å²) in [7, 11) is 0.0557. The van der Waals surface area contributed by atoms with E-state index in [1.165, 1.54) is 0 Å². The van der Waals surface area contributed by atoms with Gasteiger partial charge in [-0.2, -0.15) is 0 Å². The molecule has 0 saturated carbocycles. The van der Waals surface area contributed by atoms with Gasteiger partial charge in [0.05, 0.1) is 7.11 Å². The molecule has 0 saturated heterocycles. The molecule has 0 radical (unpaired) electrons. The van der Waals surface area contributed by atoms with Crippen LogP contribution in [-0.4, -0.2) is 34.5 Å². The van der Waals surface area contributed by atoms with Gasteiger partial charge in [0, 0.05) is 12.7 Å². The van der Waals surface area contributed by atoms with Gasteiger partial charge in [-0.25, -0.2) is 8.42 Å². The maximum atomic E-state index is 11.7. The molecule has 0 aliphatic carbocycles. The predicted octanol–water partition coefficient (Wildman–Crippen LogP) is 0.485. The Morgan fingerprint density at radius 3 is 2.41 bits per heavy atom. The van der Waals surface area contributed by atoms with Crippen molar-refractivity contribution in [1.82, 2.24) is 10.6 Å². The van der Waals surface area contributed by atoms with E-state index in [1.807, 2.05) is 24.3 Å². The predicted molar refractivity (Wildman–Crippen MR) is 86.8 cm³/mol. The summed E-state index contributed by atoms with van der Waals surface area (Å²) < 4.78 is 28.5. The van der Waals surface area contributed by atoms with E-state index < -0.39 is 15.5 Å². The van der Waals surface area contributed by atoms with E-state index in [-0.39, 0.29) is 10.7 Å². The zero-order valence-corrected chi connectivity index (χ0v) is 13.7. The van der Waals surface area contributed by atoms with E-state index in [0.29, 0.717) is 6.42 Å². The third kappa shape index (κ3) is 3.42. The molecule has 7 heteroatoms. The molecule has 1 atom stereocenters. The Balaban J connectivity index is 2.25. The van der Waals surface area contributed by atoms with Gasteiger partial charge in [-0.05, 0) is 36.9 Å². The average molecular weight is 323 g/mol. The highest BCUT2D eigenvalue weighted by molar-refractivity contribution is 7.94. The van der Waals surface area contributed by atoms with Crippen molar-refractivity contribution in [2.75, 3.05) is 20.4 Å². The molecule has 1 aliphatic rings. The number of likely N-dealkylation sites (N-methyl/N-ethyl adjacent to an activating group) is 1. The Hall–Kier alpha value is -1.99. The number of sulfone groups is 1. The molecular formula is C15H21N3O3S. The molecule has 1 heterocycles. The van der Waals surface area contributed by atoms with Crippen LogP contribution in [0.5, 0.6) is 5.75 Å². The fourth-order valence-corrected chi connectivity index (χ4v) is 3.14. The van der Waals surface area contributed by atoms with Gasteiger partial charge in [-0.1, -0.05) is 12.1 Å². The molecule has 1 unspecified atom stereocenters. The van der Waals surface area contributed by atoms with Crippen LogP contribution in [0.3, 0.4) is 0 Å². The Labute approximate surface area is 131 Å². The number of methoxy groups -OCH3 is 1. The highest BCUT2D eigenvalue weighted by Crippen LogP contribution is 2.23. The summed E-state index contributed by atoms with van der Waals surface area (Å²) in [4.78, 5) is 0.105. The summed E-state index contributed by atoms with van der Waals surface area (Å²) in [6.45, 7) is 0. The monoisotopic (exact) mass is 323 g/mol. The van der Waals surface area contributed by atoms with E-state index in [4.69, 9.17) is 10.5 Å². The van der Waals surface area contributed by atoms with Crippen LogP contribution in [0.1, 0.15) is 5.56 Å². The zero-order valence-electron chi connectivity index (χ0n) is 12.9. The smallest absolute Gasteiger partial charge is 0.179 e. The number of hydrogen-bond donors (Lipinski definition) is 3. The number of nitrogens with one attached hydrogen (secondary N) is 2. The van der Waals surface area contributed by atoms with Crippen LogP contribution < -0.4 is 21.1 Å². The summed E-state index contributed by atoms with van der Waals surface area (Å²) in [6, 6.07) is 7.68. The SMILES string of the molecule is CNC1(Cc2ccc(OC)cc2)C=CC(S(C)(=O)=O)=C(N)N1. The number of benzene rings is 1. The average Bonchev–Trinajstić information content (AvgIpc) is 2.46. The van der Waals surface area contributed by atoms with Gasteiger partial charge in [-0.3, -0.25) is 5.32 Å². The van der Waals surface area contributed by atoms with Gasteiger partial charge >= 0.3 is 0 Å². The van der Waals surface area contributed by atoms with Crippen LogP contribution in [0, 0.1) is 0 Å². The molecule has 1 aliphatic heterocycles. The van der Waals surface area contributed by atoms with Gasteiger partial charge < -0.3 is 15.8 Å². The summed E-state index contributed by atoms with van der Waals surface area (Å²) in [5, 5.41) is 6.22. The molecule has 1 aromatic carbocycles. The summed E-state index contributed by atoms with van der Waals surface area (Å²) in [6.07, 6.45) is 5.06. The number of rotatable bonds is 5. The van der Waals surface area contributed by atoms with E-state index in [2.05, 4.69) is 10.6 Å². The van der Waals surface area contributed by atoms with Crippen molar-refractivity contribution in [2.45, 2.75) is 12.1 Å². The molecule has 120 valence electrons. The first-order chi connectivity index (χ1) is 10.3. The van der Waals surface area contributed by atoms with Crippen LogP contribution in [-0.2, 0) is 16.3 Å². The van der Waals surface area contributed by atoms with Crippen LogP contribution in [0.15, 0.2) is 47.1 Å². The maximum absolute atomic E-state index is 11.7. The first-order valence-corrected chi connectivity index (χ1v) is 8.68. The maximum Gasteiger partial charge on any atom is 0.179 e. The van der Waals surface area contributed by atoms with E-state index in [1.54, 1.807) is 26.3 Å². The first kappa shape index (κ1) is 16.4. The highest BCUT2D eigenvalue weighted by atomic mass is 32.2. The van der Waals surface area contributed by atoms with Gasteiger partial charge in [0.2, 0.25) is 0 Å². The zero-order chi connectivity index (χ0) is 16.4. The van der Waals surface area contributed by atoms with Crippen molar-refractivity contribution in [2.24, 2.45) is 5.73 Å². The number of dihydropyridines is 1. The molecule has 0 spiro atoms. The molecule has 1 aromatic rings. The Morgan fingerprint density at radius 2 is 1.95 bits per heavy atom. The number of allylic oxidation sites excluding steroid dienone is 1. The largest absolute Gasteiger partial charge is 0.497 e. The third-order valence-corrected chi connectivity index (χ3v) is 4.78. The van der Waals surface area contributed by atoms with Gasteiger partial charge in [-0.15, -0.1) is 0 Å². The fourth-order valence-electron chi connectivity index (χ4n) is 2.38. The lowest BCUT2D eigenvalue weighted by atomic mass is 9.97. The molecule has 0 fully saturated rings. The van der Waals surface area contributed by atoms with Gasteiger partial charge in [0.1, 0.15) is 22.1 Å². The van der Waals surface area contributed by atoms with Crippen LogP contribution >= 0.6 is 0 Å². The van der Waals surface area contributed by atoms with Gasteiger partial charge in [0.15, 0.2) is 9.84 Å². The number of hydrogen-bond acceptors (Lipinski definition) is 6. The fraction of sp³-hybridized carbons (Fsp3) is 0.333. The van der Waals surface area contributed by atoms with Crippen molar-refractivity contribution in [3.05, 3.63) is 52.7 Å². The van der Waals surface area contributed by atoms with Crippen LogP contribution in [0.4, 0.5) is 0 Å². The lowest BCUT2D eigenvalue weighted by Gasteiger charge is -2.36. The van der Waals surface area contributed by atoms with Gasteiger partial charge in [0.25, 0.3) is 0 Å².